The minimum Gasteiger partial charge on any atom is -0.465 e. The van der Waals surface area contributed by atoms with E-state index < -0.39 is 17.9 Å². The lowest BCUT2D eigenvalue weighted by Crippen LogP contribution is -2.28. The molecule has 0 unspecified atom stereocenters. The van der Waals surface area contributed by atoms with Crippen LogP contribution in [0.2, 0.25) is 0 Å². The molecule has 0 radical (unpaired) electrons. The third-order valence-corrected chi connectivity index (χ3v) is 2.43. The summed E-state index contributed by atoms with van der Waals surface area (Å²) >= 11 is 0. The highest BCUT2D eigenvalue weighted by molar-refractivity contribution is 6.00. The van der Waals surface area contributed by atoms with Crippen molar-refractivity contribution in [1.29, 1.82) is 0 Å². The van der Waals surface area contributed by atoms with Gasteiger partial charge in [0.15, 0.2) is 5.92 Å². The molecule has 0 aliphatic heterocycles. The lowest BCUT2D eigenvalue weighted by molar-refractivity contribution is -0.157. The maximum absolute atomic E-state index is 11.9. The number of aromatic nitrogens is 2. The van der Waals surface area contributed by atoms with E-state index in [0.717, 1.165) is 0 Å². The van der Waals surface area contributed by atoms with Gasteiger partial charge in [0.1, 0.15) is 0 Å². The van der Waals surface area contributed by atoms with Gasteiger partial charge in [-0.3, -0.25) is 19.6 Å². The van der Waals surface area contributed by atoms with Gasteiger partial charge in [0.05, 0.1) is 30.3 Å². The number of aryl methyl sites for hydroxylation is 2. The fourth-order valence-corrected chi connectivity index (χ4v) is 1.60. The SMILES string of the molecule is CCOC(=O)C(C(=O)OCC)c1nc(C)cnc1C. The Morgan fingerprint density at radius 3 is 2.16 bits per heavy atom. The smallest absolute Gasteiger partial charge is 0.326 e. The van der Waals surface area contributed by atoms with Crippen LogP contribution < -0.4 is 0 Å². The molecule has 0 saturated heterocycles. The normalized spacial score (nSPS) is 10.4. The average Bonchev–Trinajstić information content (AvgIpc) is 2.34. The van der Waals surface area contributed by atoms with Crippen LogP contribution in [0.4, 0.5) is 0 Å². The van der Waals surface area contributed by atoms with E-state index >= 15 is 0 Å². The van der Waals surface area contributed by atoms with Crippen LogP contribution in [0, 0.1) is 13.8 Å². The summed E-state index contributed by atoms with van der Waals surface area (Å²) in [6.45, 7) is 7.15. The van der Waals surface area contributed by atoms with Gasteiger partial charge in [0.2, 0.25) is 0 Å². The third-order valence-electron chi connectivity index (χ3n) is 2.43. The molecule has 1 heterocycles. The number of esters is 2. The van der Waals surface area contributed by atoms with Gasteiger partial charge in [0.25, 0.3) is 0 Å². The van der Waals surface area contributed by atoms with E-state index in [4.69, 9.17) is 9.47 Å². The van der Waals surface area contributed by atoms with Crippen molar-refractivity contribution in [2.45, 2.75) is 33.6 Å². The standard InChI is InChI=1S/C13H18N2O4/c1-5-18-12(16)10(13(17)19-6-2)11-9(4)14-7-8(3)15-11/h7,10H,5-6H2,1-4H3. The van der Waals surface area contributed by atoms with Gasteiger partial charge in [-0.2, -0.15) is 0 Å². The Kier molecular flexibility index (Phi) is 5.41. The molecule has 6 heteroatoms. The number of nitrogens with zero attached hydrogens (tertiary/aromatic N) is 2. The first-order valence-corrected chi connectivity index (χ1v) is 6.14. The summed E-state index contributed by atoms with van der Waals surface area (Å²) in [4.78, 5) is 32.2. The summed E-state index contributed by atoms with van der Waals surface area (Å²) in [5.74, 6) is -2.50. The molecular weight excluding hydrogens is 248 g/mol. The van der Waals surface area contributed by atoms with E-state index in [0.29, 0.717) is 11.4 Å². The van der Waals surface area contributed by atoms with E-state index in [1.807, 2.05) is 0 Å². The Bertz CT molecular complexity index is 456. The average molecular weight is 266 g/mol. The molecule has 104 valence electrons. The predicted molar refractivity (Wildman–Crippen MR) is 67.5 cm³/mol. The van der Waals surface area contributed by atoms with Gasteiger partial charge < -0.3 is 9.47 Å². The molecule has 19 heavy (non-hydrogen) atoms. The molecule has 0 amide bonds. The highest BCUT2D eigenvalue weighted by Crippen LogP contribution is 2.20. The summed E-state index contributed by atoms with van der Waals surface area (Å²) in [6.07, 6.45) is 1.58. The van der Waals surface area contributed by atoms with Crippen LogP contribution in [0.25, 0.3) is 0 Å². The van der Waals surface area contributed by atoms with Gasteiger partial charge in [-0.1, -0.05) is 0 Å². The fourth-order valence-electron chi connectivity index (χ4n) is 1.60. The summed E-state index contributed by atoms with van der Waals surface area (Å²) in [5.41, 5.74) is 1.42. The zero-order chi connectivity index (χ0) is 14.4. The van der Waals surface area contributed by atoms with Crippen LogP contribution in [0.3, 0.4) is 0 Å². The zero-order valence-electron chi connectivity index (χ0n) is 11.6. The molecule has 1 aromatic rings. The summed E-state index contributed by atoms with van der Waals surface area (Å²) < 4.78 is 9.83. The lowest BCUT2D eigenvalue weighted by atomic mass is 10.0. The minimum atomic E-state index is -1.17. The predicted octanol–water partition coefficient (Wildman–Crippen LogP) is 1.30. The molecular formula is C13H18N2O4. The first-order valence-electron chi connectivity index (χ1n) is 6.14. The molecule has 0 aromatic carbocycles. The van der Waals surface area contributed by atoms with Crippen molar-refractivity contribution in [2.24, 2.45) is 0 Å². The maximum atomic E-state index is 11.9. The molecule has 0 saturated carbocycles. The van der Waals surface area contributed by atoms with Gasteiger partial charge in [0, 0.05) is 6.20 Å². The molecule has 0 aliphatic rings. The van der Waals surface area contributed by atoms with E-state index in [-0.39, 0.29) is 18.9 Å². The lowest BCUT2D eigenvalue weighted by Gasteiger charge is -2.15. The van der Waals surface area contributed by atoms with Crippen LogP contribution in [0.1, 0.15) is 36.8 Å². The van der Waals surface area contributed by atoms with Gasteiger partial charge in [-0.15, -0.1) is 0 Å². The Morgan fingerprint density at radius 1 is 1.16 bits per heavy atom. The molecule has 0 bridgehead atoms. The second kappa shape index (κ2) is 6.82. The first kappa shape index (κ1) is 15.1. The number of carbonyl (C=O) groups excluding carboxylic acids is 2. The number of hydrogen-bond acceptors (Lipinski definition) is 6. The largest absolute Gasteiger partial charge is 0.465 e. The Morgan fingerprint density at radius 2 is 1.68 bits per heavy atom. The minimum absolute atomic E-state index is 0.188. The quantitative estimate of drug-likeness (QED) is 0.590. The number of carbonyl (C=O) groups is 2. The van der Waals surface area contributed by atoms with Crippen molar-refractivity contribution in [1.82, 2.24) is 9.97 Å². The number of rotatable bonds is 5. The van der Waals surface area contributed by atoms with Crippen molar-refractivity contribution in [2.75, 3.05) is 13.2 Å². The van der Waals surface area contributed by atoms with Crippen LogP contribution >= 0.6 is 0 Å². The molecule has 1 rings (SSSR count). The zero-order valence-corrected chi connectivity index (χ0v) is 11.6. The summed E-state index contributed by atoms with van der Waals surface area (Å²) in [5, 5.41) is 0. The van der Waals surface area contributed by atoms with E-state index in [9.17, 15) is 9.59 Å². The fraction of sp³-hybridized carbons (Fsp3) is 0.538. The number of ether oxygens (including phenoxy) is 2. The molecule has 0 spiro atoms. The van der Waals surface area contributed by atoms with Crippen LogP contribution in [-0.2, 0) is 19.1 Å². The van der Waals surface area contributed by atoms with Crippen LogP contribution in [-0.4, -0.2) is 35.1 Å². The third kappa shape index (κ3) is 3.74. The molecule has 1 aromatic heterocycles. The first-order chi connectivity index (χ1) is 9.01. The molecule has 0 fully saturated rings. The van der Waals surface area contributed by atoms with E-state index in [1.54, 1.807) is 33.9 Å². The maximum Gasteiger partial charge on any atom is 0.326 e. The monoisotopic (exact) mass is 266 g/mol. The Hall–Kier alpha value is -1.98. The topological polar surface area (TPSA) is 78.4 Å². The van der Waals surface area contributed by atoms with E-state index in [1.165, 1.54) is 0 Å². The highest BCUT2D eigenvalue weighted by Gasteiger charge is 2.34. The van der Waals surface area contributed by atoms with Crippen molar-refractivity contribution in [3.05, 3.63) is 23.3 Å². The molecule has 6 nitrogen and oxygen atoms in total. The summed E-state index contributed by atoms with van der Waals surface area (Å²) in [7, 11) is 0. The van der Waals surface area contributed by atoms with E-state index in [2.05, 4.69) is 9.97 Å². The second-order valence-corrected chi connectivity index (χ2v) is 3.92. The molecule has 0 aliphatic carbocycles. The van der Waals surface area contributed by atoms with Crippen LogP contribution in [0.15, 0.2) is 6.20 Å². The van der Waals surface area contributed by atoms with Gasteiger partial charge >= 0.3 is 11.9 Å². The van der Waals surface area contributed by atoms with Crippen molar-refractivity contribution in [3.8, 4) is 0 Å². The summed E-state index contributed by atoms with van der Waals surface area (Å²) in [6, 6.07) is 0. The van der Waals surface area contributed by atoms with Crippen molar-refractivity contribution < 1.29 is 19.1 Å². The number of hydrogen-bond donors (Lipinski definition) is 0. The van der Waals surface area contributed by atoms with Crippen molar-refractivity contribution >= 4 is 11.9 Å². The van der Waals surface area contributed by atoms with Gasteiger partial charge in [-0.05, 0) is 27.7 Å². The van der Waals surface area contributed by atoms with Crippen molar-refractivity contribution in [3.63, 3.8) is 0 Å². The Labute approximate surface area is 112 Å². The second-order valence-electron chi connectivity index (χ2n) is 3.92. The van der Waals surface area contributed by atoms with Crippen LogP contribution in [0.5, 0.6) is 0 Å². The highest BCUT2D eigenvalue weighted by atomic mass is 16.6. The molecule has 0 atom stereocenters. The Balaban J connectivity index is 3.18. The molecule has 0 N–H and O–H groups in total. The van der Waals surface area contributed by atoms with Gasteiger partial charge in [-0.25, -0.2) is 0 Å².